The molecule has 1 heterocycles. The molecule has 2 rings (SSSR count). The third kappa shape index (κ3) is 1.18. The van der Waals surface area contributed by atoms with Gasteiger partial charge in [-0.1, -0.05) is 0 Å². The highest BCUT2D eigenvalue weighted by Crippen LogP contribution is 2.30. The highest BCUT2D eigenvalue weighted by atomic mass is 15.0. The monoisotopic (exact) mass is 140 g/mol. The molecule has 0 radical (unpaired) electrons. The van der Waals surface area contributed by atoms with Crippen molar-refractivity contribution in [3.8, 4) is 0 Å². The van der Waals surface area contributed by atoms with Crippen LogP contribution in [0.25, 0.3) is 0 Å². The van der Waals surface area contributed by atoms with Crippen molar-refractivity contribution in [3.63, 3.8) is 0 Å². The van der Waals surface area contributed by atoms with Crippen molar-refractivity contribution in [1.29, 1.82) is 0 Å². The van der Waals surface area contributed by atoms with Gasteiger partial charge in [-0.15, -0.1) is 0 Å². The molecule has 1 aliphatic carbocycles. The van der Waals surface area contributed by atoms with E-state index in [4.69, 9.17) is 5.73 Å². The number of hydrogen-bond acceptors (Lipinski definition) is 2. The summed E-state index contributed by atoms with van der Waals surface area (Å²) in [5, 5.41) is 3.50. The summed E-state index contributed by atoms with van der Waals surface area (Å²) < 4.78 is 0. The molecule has 1 aliphatic heterocycles. The van der Waals surface area contributed by atoms with Gasteiger partial charge < -0.3 is 11.1 Å². The summed E-state index contributed by atoms with van der Waals surface area (Å²) in [4.78, 5) is 0. The van der Waals surface area contributed by atoms with E-state index in [2.05, 4.69) is 5.32 Å². The predicted octanol–water partition coefficient (Wildman–Crippen LogP) is 0.476. The van der Waals surface area contributed by atoms with Gasteiger partial charge in [0, 0.05) is 18.6 Å². The van der Waals surface area contributed by atoms with Crippen LogP contribution in [0.1, 0.15) is 25.7 Å². The second-order valence-corrected chi connectivity index (χ2v) is 3.78. The zero-order valence-corrected chi connectivity index (χ0v) is 6.34. The SMILES string of the molecule is N[C@H]1CN[C@H]2CC[C@@H](C1)C2. The van der Waals surface area contributed by atoms with Gasteiger partial charge >= 0.3 is 0 Å². The van der Waals surface area contributed by atoms with Crippen LogP contribution in [0.2, 0.25) is 0 Å². The summed E-state index contributed by atoms with van der Waals surface area (Å²) in [7, 11) is 0. The number of rotatable bonds is 0. The predicted molar refractivity (Wildman–Crippen MR) is 41.7 cm³/mol. The molecule has 2 aliphatic rings. The van der Waals surface area contributed by atoms with Crippen LogP contribution >= 0.6 is 0 Å². The Hall–Kier alpha value is -0.0800. The first-order valence-corrected chi connectivity index (χ1v) is 4.33. The Labute approximate surface area is 62.2 Å². The number of nitrogens with one attached hydrogen (secondary N) is 1. The molecular weight excluding hydrogens is 124 g/mol. The van der Waals surface area contributed by atoms with E-state index >= 15 is 0 Å². The van der Waals surface area contributed by atoms with Crippen LogP contribution in [0.5, 0.6) is 0 Å². The molecule has 1 saturated carbocycles. The van der Waals surface area contributed by atoms with Gasteiger partial charge in [-0.2, -0.15) is 0 Å². The van der Waals surface area contributed by atoms with Gasteiger partial charge in [-0.25, -0.2) is 0 Å². The van der Waals surface area contributed by atoms with Gasteiger partial charge in [0.2, 0.25) is 0 Å². The van der Waals surface area contributed by atoms with Crippen molar-refractivity contribution < 1.29 is 0 Å². The summed E-state index contributed by atoms with van der Waals surface area (Å²) in [6.45, 7) is 1.04. The zero-order chi connectivity index (χ0) is 6.97. The van der Waals surface area contributed by atoms with Gasteiger partial charge in [0.1, 0.15) is 0 Å². The fourth-order valence-corrected chi connectivity index (χ4v) is 2.30. The largest absolute Gasteiger partial charge is 0.327 e. The summed E-state index contributed by atoms with van der Waals surface area (Å²) in [6, 6.07) is 1.23. The Balaban J connectivity index is 1.99. The van der Waals surface area contributed by atoms with Crippen molar-refractivity contribution in [3.05, 3.63) is 0 Å². The summed E-state index contributed by atoms with van der Waals surface area (Å²) in [5.41, 5.74) is 5.86. The molecule has 58 valence electrons. The second kappa shape index (κ2) is 2.51. The molecule has 2 fully saturated rings. The molecule has 1 saturated heterocycles. The minimum absolute atomic E-state index is 0.426. The van der Waals surface area contributed by atoms with Crippen molar-refractivity contribution in [1.82, 2.24) is 5.32 Å². The Kier molecular flexibility index (Phi) is 1.66. The van der Waals surface area contributed by atoms with Gasteiger partial charge in [-0.3, -0.25) is 0 Å². The zero-order valence-electron chi connectivity index (χ0n) is 6.34. The van der Waals surface area contributed by atoms with E-state index < -0.39 is 0 Å². The maximum absolute atomic E-state index is 5.86. The molecular formula is C8H16N2. The van der Waals surface area contributed by atoms with Crippen LogP contribution in [-0.2, 0) is 0 Å². The van der Waals surface area contributed by atoms with E-state index in [1.54, 1.807) is 0 Å². The summed E-state index contributed by atoms with van der Waals surface area (Å²) in [5.74, 6) is 0.940. The first-order valence-electron chi connectivity index (χ1n) is 4.33. The third-order valence-corrected chi connectivity index (χ3v) is 2.85. The van der Waals surface area contributed by atoms with Crippen LogP contribution < -0.4 is 11.1 Å². The molecule has 0 spiro atoms. The number of nitrogens with two attached hydrogens (primary N) is 1. The van der Waals surface area contributed by atoms with Crippen LogP contribution in [0.15, 0.2) is 0 Å². The highest BCUT2D eigenvalue weighted by Gasteiger charge is 2.28. The topological polar surface area (TPSA) is 38.0 Å². The molecule has 0 aromatic heterocycles. The first-order chi connectivity index (χ1) is 4.84. The lowest BCUT2D eigenvalue weighted by molar-refractivity contribution is 0.448. The fourth-order valence-electron chi connectivity index (χ4n) is 2.30. The lowest BCUT2D eigenvalue weighted by Crippen LogP contribution is -2.37. The minimum Gasteiger partial charge on any atom is -0.327 e. The molecule has 3 N–H and O–H groups in total. The van der Waals surface area contributed by atoms with Gasteiger partial charge in [0.05, 0.1) is 0 Å². The Morgan fingerprint density at radius 3 is 3.00 bits per heavy atom. The molecule has 2 nitrogen and oxygen atoms in total. The van der Waals surface area contributed by atoms with Crippen LogP contribution in [0, 0.1) is 5.92 Å². The summed E-state index contributed by atoms with van der Waals surface area (Å²) in [6.07, 6.45) is 5.43. The lowest BCUT2D eigenvalue weighted by Gasteiger charge is -2.15. The third-order valence-electron chi connectivity index (χ3n) is 2.85. The van der Waals surface area contributed by atoms with Crippen LogP contribution in [-0.4, -0.2) is 18.6 Å². The van der Waals surface area contributed by atoms with Gasteiger partial charge in [-0.05, 0) is 31.6 Å². The van der Waals surface area contributed by atoms with Gasteiger partial charge in [0.25, 0.3) is 0 Å². The minimum atomic E-state index is 0.426. The van der Waals surface area contributed by atoms with Crippen molar-refractivity contribution >= 4 is 0 Å². The van der Waals surface area contributed by atoms with Crippen molar-refractivity contribution in [2.45, 2.75) is 37.8 Å². The molecule has 0 aromatic carbocycles. The number of fused-ring (bicyclic) bond motifs is 2. The fraction of sp³-hybridized carbons (Fsp3) is 1.00. The van der Waals surface area contributed by atoms with E-state index in [-0.39, 0.29) is 0 Å². The van der Waals surface area contributed by atoms with Gasteiger partial charge in [0.15, 0.2) is 0 Å². The second-order valence-electron chi connectivity index (χ2n) is 3.78. The maximum atomic E-state index is 5.86. The Bertz CT molecular complexity index is 124. The quantitative estimate of drug-likeness (QED) is 0.513. The van der Waals surface area contributed by atoms with Crippen LogP contribution in [0.3, 0.4) is 0 Å². The average Bonchev–Trinajstić information content (AvgIpc) is 2.22. The van der Waals surface area contributed by atoms with Crippen molar-refractivity contribution in [2.24, 2.45) is 11.7 Å². The molecule has 3 atom stereocenters. The molecule has 2 bridgehead atoms. The van der Waals surface area contributed by atoms with E-state index in [1.807, 2.05) is 0 Å². The first kappa shape index (κ1) is 6.62. The van der Waals surface area contributed by atoms with Crippen molar-refractivity contribution in [2.75, 3.05) is 6.54 Å². The lowest BCUT2D eigenvalue weighted by atomic mass is 10.00. The molecule has 0 unspecified atom stereocenters. The average molecular weight is 140 g/mol. The standard InChI is InChI=1S/C8H16N2/c9-7-3-6-1-2-8(4-6)10-5-7/h6-8,10H,1-5,9H2/t6-,7+,8-/m0/s1. The van der Waals surface area contributed by atoms with Crippen LogP contribution in [0.4, 0.5) is 0 Å². The Morgan fingerprint density at radius 1 is 1.20 bits per heavy atom. The smallest absolute Gasteiger partial charge is 0.0168 e. The molecule has 2 heteroatoms. The van der Waals surface area contributed by atoms with E-state index in [0.717, 1.165) is 18.5 Å². The normalized spacial score (nSPS) is 47.1. The maximum Gasteiger partial charge on any atom is 0.0168 e. The Morgan fingerprint density at radius 2 is 2.10 bits per heavy atom. The molecule has 0 aromatic rings. The summed E-state index contributed by atoms with van der Waals surface area (Å²) >= 11 is 0. The van der Waals surface area contributed by atoms with E-state index in [1.165, 1.54) is 25.7 Å². The molecule has 0 amide bonds. The van der Waals surface area contributed by atoms with E-state index in [9.17, 15) is 0 Å². The van der Waals surface area contributed by atoms with E-state index in [0.29, 0.717) is 6.04 Å². The number of hydrogen-bond donors (Lipinski definition) is 2. The molecule has 10 heavy (non-hydrogen) atoms. The highest BCUT2D eigenvalue weighted by molar-refractivity contribution is 4.87.